The number of nitrogens with one attached hydrogen (secondary N) is 1. The Balaban J connectivity index is 2.09. The van der Waals surface area contributed by atoms with Crippen molar-refractivity contribution >= 4 is 33.0 Å². The van der Waals surface area contributed by atoms with Crippen molar-refractivity contribution in [1.82, 2.24) is 0 Å². The molecule has 0 aliphatic rings. The summed E-state index contributed by atoms with van der Waals surface area (Å²) in [5.74, 6) is 0.182. The number of sulfone groups is 1. The average Bonchev–Trinajstić information content (AvgIpc) is 2.49. The van der Waals surface area contributed by atoms with Gasteiger partial charge < -0.3 is 10.1 Å². The van der Waals surface area contributed by atoms with E-state index in [-0.39, 0.29) is 10.8 Å². The molecule has 1 atom stereocenters. The van der Waals surface area contributed by atoms with Crippen molar-refractivity contribution < 1.29 is 17.9 Å². The minimum Gasteiger partial charge on any atom is -0.481 e. The van der Waals surface area contributed by atoms with Crippen molar-refractivity contribution in [3.63, 3.8) is 0 Å². The van der Waals surface area contributed by atoms with Crippen molar-refractivity contribution in [3.8, 4) is 5.75 Å². The molecule has 0 spiro atoms. The van der Waals surface area contributed by atoms with Crippen LogP contribution in [0.25, 0.3) is 0 Å². The first kappa shape index (κ1) is 18.3. The highest BCUT2D eigenvalue weighted by molar-refractivity contribution is 7.90. The van der Waals surface area contributed by atoms with Crippen LogP contribution in [0.1, 0.15) is 12.5 Å². The van der Waals surface area contributed by atoms with Gasteiger partial charge in [0.25, 0.3) is 5.91 Å². The SMILES string of the molecule is Cc1cc(Cl)ccc1OC(C)C(=O)Nc1cccc(S(C)(=O)=O)c1. The summed E-state index contributed by atoms with van der Waals surface area (Å²) in [4.78, 5) is 12.4. The van der Waals surface area contributed by atoms with Gasteiger partial charge in [0, 0.05) is 17.0 Å². The summed E-state index contributed by atoms with van der Waals surface area (Å²) in [7, 11) is -3.33. The van der Waals surface area contributed by atoms with Crippen LogP contribution in [0.3, 0.4) is 0 Å². The minimum atomic E-state index is -3.33. The largest absolute Gasteiger partial charge is 0.481 e. The van der Waals surface area contributed by atoms with Gasteiger partial charge in [-0.25, -0.2) is 8.42 Å². The molecular weight excluding hydrogens is 350 g/mol. The van der Waals surface area contributed by atoms with Crippen LogP contribution in [-0.4, -0.2) is 26.7 Å². The zero-order valence-corrected chi connectivity index (χ0v) is 15.1. The highest BCUT2D eigenvalue weighted by atomic mass is 35.5. The maximum atomic E-state index is 12.2. The van der Waals surface area contributed by atoms with E-state index in [1.165, 1.54) is 12.1 Å². The van der Waals surface area contributed by atoms with E-state index < -0.39 is 15.9 Å². The Morgan fingerprint density at radius 1 is 1.21 bits per heavy atom. The van der Waals surface area contributed by atoms with Gasteiger partial charge in [-0.1, -0.05) is 17.7 Å². The van der Waals surface area contributed by atoms with Gasteiger partial charge in [-0.2, -0.15) is 0 Å². The first-order valence-electron chi connectivity index (χ1n) is 7.20. The number of carbonyl (C=O) groups excluding carboxylic acids is 1. The summed E-state index contributed by atoms with van der Waals surface area (Å²) in [5, 5.41) is 3.24. The van der Waals surface area contributed by atoms with E-state index in [0.717, 1.165) is 11.8 Å². The molecule has 0 heterocycles. The number of anilines is 1. The lowest BCUT2D eigenvalue weighted by atomic mass is 10.2. The van der Waals surface area contributed by atoms with Crippen molar-refractivity contribution in [1.29, 1.82) is 0 Å². The van der Waals surface area contributed by atoms with Gasteiger partial charge in [0.05, 0.1) is 4.90 Å². The van der Waals surface area contributed by atoms with Crippen molar-refractivity contribution in [2.75, 3.05) is 11.6 Å². The van der Waals surface area contributed by atoms with Gasteiger partial charge in [-0.15, -0.1) is 0 Å². The molecule has 0 saturated heterocycles. The third-order valence-electron chi connectivity index (χ3n) is 3.34. The van der Waals surface area contributed by atoms with Crippen LogP contribution < -0.4 is 10.1 Å². The molecule has 128 valence electrons. The number of rotatable bonds is 5. The lowest BCUT2D eigenvalue weighted by Crippen LogP contribution is -2.30. The standard InChI is InChI=1S/C17H18ClNO4S/c1-11-9-13(18)7-8-16(11)23-12(2)17(20)19-14-5-4-6-15(10-14)24(3,21)22/h4-10,12H,1-3H3,(H,19,20). The van der Waals surface area contributed by atoms with E-state index in [4.69, 9.17) is 16.3 Å². The van der Waals surface area contributed by atoms with Crippen LogP contribution in [0, 0.1) is 6.92 Å². The number of halogens is 1. The molecule has 2 rings (SSSR count). The lowest BCUT2D eigenvalue weighted by molar-refractivity contribution is -0.122. The Morgan fingerprint density at radius 3 is 2.54 bits per heavy atom. The highest BCUT2D eigenvalue weighted by Gasteiger charge is 2.17. The highest BCUT2D eigenvalue weighted by Crippen LogP contribution is 2.23. The molecule has 0 fully saturated rings. The molecule has 0 bridgehead atoms. The summed E-state index contributed by atoms with van der Waals surface area (Å²) in [6.45, 7) is 3.45. The summed E-state index contributed by atoms with van der Waals surface area (Å²) in [6.07, 6.45) is 0.356. The van der Waals surface area contributed by atoms with Crippen molar-refractivity contribution in [2.24, 2.45) is 0 Å². The van der Waals surface area contributed by atoms with Crippen LogP contribution >= 0.6 is 11.6 Å². The molecule has 1 unspecified atom stereocenters. The third kappa shape index (κ3) is 4.72. The van der Waals surface area contributed by atoms with E-state index in [9.17, 15) is 13.2 Å². The number of carbonyl (C=O) groups is 1. The minimum absolute atomic E-state index is 0.141. The Bertz CT molecular complexity index is 865. The average molecular weight is 368 g/mol. The fourth-order valence-corrected chi connectivity index (χ4v) is 2.93. The zero-order chi connectivity index (χ0) is 17.9. The molecule has 2 aromatic carbocycles. The van der Waals surface area contributed by atoms with E-state index in [1.807, 2.05) is 6.92 Å². The van der Waals surface area contributed by atoms with E-state index in [0.29, 0.717) is 16.5 Å². The predicted molar refractivity (Wildman–Crippen MR) is 94.5 cm³/mol. The zero-order valence-electron chi connectivity index (χ0n) is 13.5. The second-order valence-electron chi connectivity index (χ2n) is 5.46. The number of hydrogen-bond donors (Lipinski definition) is 1. The molecule has 0 aromatic heterocycles. The number of ether oxygens (including phenoxy) is 1. The Labute approximate surface area is 146 Å². The molecule has 0 aliphatic carbocycles. The number of amides is 1. The van der Waals surface area contributed by atoms with Gasteiger partial charge in [-0.05, 0) is 55.8 Å². The topological polar surface area (TPSA) is 72.5 Å². The number of benzene rings is 2. The molecule has 5 nitrogen and oxygen atoms in total. The van der Waals surface area contributed by atoms with E-state index >= 15 is 0 Å². The molecular formula is C17H18ClNO4S. The van der Waals surface area contributed by atoms with Gasteiger partial charge in [0.1, 0.15) is 5.75 Å². The molecule has 24 heavy (non-hydrogen) atoms. The van der Waals surface area contributed by atoms with Gasteiger partial charge in [0.2, 0.25) is 0 Å². The quantitative estimate of drug-likeness (QED) is 0.878. The lowest BCUT2D eigenvalue weighted by Gasteiger charge is -2.16. The van der Waals surface area contributed by atoms with Crippen molar-refractivity contribution in [2.45, 2.75) is 24.8 Å². The number of aryl methyl sites for hydroxylation is 1. The summed E-state index contributed by atoms with van der Waals surface area (Å²) >= 11 is 5.89. The molecule has 1 amide bonds. The fraction of sp³-hybridized carbons (Fsp3) is 0.235. The summed E-state index contributed by atoms with van der Waals surface area (Å²) in [6, 6.07) is 11.2. The molecule has 1 N–H and O–H groups in total. The number of hydrogen-bond acceptors (Lipinski definition) is 4. The van der Waals surface area contributed by atoms with Gasteiger partial charge in [-0.3, -0.25) is 4.79 Å². The van der Waals surface area contributed by atoms with Crippen molar-refractivity contribution in [3.05, 3.63) is 53.1 Å². The second kappa shape index (κ2) is 7.23. The molecule has 0 aliphatic heterocycles. The molecule has 0 saturated carbocycles. The normalized spacial score (nSPS) is 12.5. The Morgan fingerprint density at radius 2 is 1.92 bits per heavy atom. The summed E-state index contributed by atoms with van der Waals surface area (Å²) < 4.78 is 28.8. The molecule has 0 radical (unpaired) electrons. The van der Waals surface area contributed by atoms with E-state index in [1.54, 1.807) is 37.3 Å². The molecule has 7 heteroatoms. The smallest absolute Gasteiger partial charge is 0.265 e. The van der Waals surface area contributed by atoms with E-state index in [2.05, 4.69) is 5.32 Å². The van der Waals surface area contributed by atoms with Crippen LogP contribution in [0.5, 0.6) is 5.75 Å². The monoisotopic (exact) mass is 367 g/mol. The van der Waals surface area contributed by atoms with Crippen LogP contribution in [-0.2, 0) is 14.6 Å². The second-order valence-corrected chi connectivity index (χ2v) is 7.91. The molecule has 2 aromatic rings. The van der Waals surface area contributed by atoms with Crippen LogP contribution in [0.4, 0.5) is 5.69 Å². The van der Waals surface area contributed by atoms with Gasteiger partial charge in [0.15, 0.2) is 15.9 Å². The van der Waals surface area contributed by atoms with Crippen LogP contribution in [0.2, 0.25) is 5.02 Å². The van der Waals surface area contributed by atoms with Gasteiger partial charge >= 0.3 is 0 Å². The van der Waals surface area contributed by atoms with Crippen LogP contribution in [0.15, 0.2) is 47.4 Å². The third-order valence-corrected chi connectivity index (χ3v) is 4.69. The maximum Gasteiger partial charge on any atom is 0.265 e. The first-order chi connectivity index (χ1) is 11.2. The first-order valence-corrected chi connectivity index (χ1v) is 9.47. The fourth-order valence-electron chi connectivity index (χ4n) is 2.04. The Kier molecular flexibility index (Phi) is 5.51. The predicted octanol–water partition coefficient (Wildman–Crippen LogP) is 3.46. The maximum absolute atomic E-state index is 12.2. The Hall–Kier alpha value is -2.05. The summed E-state index contributed by atoms with van der Waals surface area (Å²) in [5.41, 5.74) is 1.22.